The number of hydrogen-bond donors (Lipinski definition) is 0. The summed E-state index contributed by atoms with van der Waals surface area (Å²) in [5, 5.41) is 10.6. The molecule has 2 aromatic carbocycles. The van der Waals surface area contributed by atoms with Crippen LogP contribution >= 0.6 is 23.4 Å². The average molecular weight is 386 g/mol. The van der Waals surface area contributed by atoms with Gasteiger partial charge in [-0.3, -0.25) is 4.57 Å². The molecule has 2 heterocycles. The van der Waals surface area contributed by atoms with Gasteiger partial charge in [0.2, 0.25) is 0 Å². The normalized spacial score (nSPS) is 16.9. The van der Waals surface area contributed by atoms with E-state index in [9.17, 15) is 0 Å². The summed E-state index contributed by atoms with van der Waals surface area (Å²) < 4.78 is 7.92. The van der Waals surface area contributed by atoms with Crippen LogP contribution in [-0.2, 0) is 11.3 Å². The summed E-state index contributed by atoms with van der Waals surface area (Å²) in [4.78, 5) is 0. The minimum atomic E-state index is 0.320. The highest BCUT2D eigenvalue weighted by Crippen LogP contribution is 2.28. The molecular formula is C20H20ClN3OS. The number of thioether (sulfide) groups is 1. The fourth-order valence-electron chi connectivity index (χ4n) is 3.06. The Bertz CT molecular complexity index is 845. The van der Waals surface area contributed by atoms with Crippen LogP contribution in [-0.4, -0.2) is 33.2 Å². The van der Waals surface area contributed by atoms with Crippen LogP contribution in [0.25, 0.3) is 11.4 Å². The molecule has 1 atom stereocenters. The van der Waals surface area contributed by atoms with Crippen LogP contribution in [0.2, 0.25) is 5.02 Å². The summed E-state index contributed by atoms with van der Waals surface area (Å²) in [5.41, 5.74) is 2.24. The highest BCUT2D eigenvalue weighted by Gasteiger charge is 2.19. The van der Waals surface area contributed by atoms with E-state index in [1.165, 1.54) is 5.56 Å². The van der Waals surface area contributed by atoms with E-state index >= 15 is 0 Å². The SMILES string of the molecule is Clc1ccc(-c2nnc(SC[C@H]3CCCO3)n2Cc2ccccc2)cc1. The van der Waals surface area contributed by atoms with Crippen molar-refractivity contribution in [3.05, 3.63) is 65.2 Å². The van der Waals surface area contributed by atoms with Gasteiger partial charge in [-0.15, -0.1) is 10.2 Å². The quantitative estimate of drug-likeness (QED) is 0.565. The Balaban J connectivity index is 1.63. The van der Waals surface area contributed by atoms with E-state index in [1.54, 1.807) is 11.8 Å². The summed E-state index contributed by atoms with van der Waals surface area (Å²) in [5.74, 6) is 1.77. The zero-order valence-electron chi connectivity index (χ0n) is 14.3. The summed E-state index contributed by atoms with van der Waals surface area (Å²) in [7, 11) is 0. The average Bonchev–Trinajstić information content (AvgIpc) is 3.32. The Hall–Kier alpha value is -1.82. The van der Waals surface area contributed by atoms with E-state index in [1.807, 2.05) is 30.3 Å². The predicted molar refractivity (Wildman–Crippen MR) is 106 cm³/mol. The van der Waals surface area contributed by atoms with Crippen LogP contribution in [0.15, 0.2) is 59.8 Å². The third kappa shape index (κ3) is 4.11. The number of nitrogens with zero attached hydrogens (tertiary/aromatic N) is 3. The Kier molecular flexibility index (Phi) is 5.58. The first-order valence-electron chi connectivity index (χ1n) is 8.77. The molecule has 134 valence electrons. The lowest BCUT2D eigenvalue weighted by molar-refractivity contribution is 0.129. The second kappa shape index (κ2) is 8.25. The fraction of sp³-hybridized carbons (Fsp3) is 0.300. The molecule has 0 spiro atoms. The Labute approximate surface area is 162 Å². The Morgan fingerprint density at radius 2 is 1.88 bits per heavy atom. The molecular weight excluding hydrogens is 366 g/mol. The largest absolute Gasteiger partial charge is 0.377 e. The Morgan fingerprint density at radius 3 is 2.62 bits per heavy atom. The number of rotatable bonds is 6. The van der Waals surface area contributed by atoms with Gasteiger partial charge < -0.3 is 4.74 Å². The van der Waals surface area contributed by atoms with Crippen molar-refractivity contribution >= 4 is 23.4 Å². The summed E-state index contributed by atoms with van der Waals surface area (Å²) >= 11 is 7.76. The molecule has 0 N–H and O–H groups in total. The van der Waals surface area contributed by atoms with E-state index in [0.717, 1.165) is 53.3 Å². The van der Waals surface area contributed by atoms with E-state index in [4.69, 9.17) is 16.3 Å². The molecule has 1 saturated heterocycles. The van der Waals surface area contributed by atoms with Gasteiger partial charge in [-0.1, -0.05) is 53.7 Å². The van der Waals surface area contributed by atoms with Gasteiger partial charge in [-0.2, -0.15) is 0 Å². The van der Waals surface area contributed by atoms with Gasteiger partial charge in [-0.25, -0.2) is 0 Å². The highest BCUT2D eigenvalue weighted by molar-refractivity contribution is 7.99. The summed E-state index contributed by atoms with van der Waals surface area (Å²) in [6.45, 7) is 1.61. The first-order valence-corrected chi connectivity index (χ1v) is 10.1. The fourth-order valence-corrected chi connectivity index (χ4v) is 4.19. The minimum absolute atomic E-state index is 0.320. The molecule has 0 saturated carbocycles. The first kappa shape index (κ1) is 17.6. The highest BCUT2D eigenvalue weighted by atomic mass is 35.5. The maximum absolute atomic E-state index is 6.04. The van der Waals surface area contributed by atoms with E-state index in [2.05, 4.69) is 39.0 Å². The van der Waals surface area contributed by atoms with E-state index in [0.29, 0.717) is 6.10 Å². The third-order valence-corrected chi connectivity index (χ3v) is 5.78. The first-order chi connectivity index (χ1) is 12.8. The summed E-state index contributed by atoms with van der Waals surface area (Å²) in [6, 6.07) is 18.1. The lowest BCUT2D eigenvalue weighted by Gasteiger charge is -2.12. The van der Waals surface area contributed by atoms with Gasteiger partial charge in [0.1, 0.15) is 0 Å². The maximum atomic E-state index is 6.04. The van der Waals surface area contributed by atoms with Crippen LogP contribution < -0.4 is 0 Å². The molecule has 4 rings (SSSR count). The smallest absolute Gasteiger partial charge is 0.191 e. The van der Waals surface area contributed by atoms with Crippen LogP contribution in [0.3, 0.4) is 0 Å². The number of aromatic nitrogens is 3. The van der Waals surface area contributed by atoms with Crippen molar-refractivity contribution in [2.45, 2.75) is 30.6 Å². The van der Waals surface area contributed by atoms with E-state index in [-0.39, 0.29) is 0 Å². The second-order valence-corrected chi connectivity index (χ2v) is 7.75. The molecule has 6 heteroatoms. The maximum Gasteiger partial charge on any atom is 0.191 e. The molecule has 1 fully saturated rings. The monoisotopic (exact) mass is 385 g/mol. The standard InChI is InChI=1S/C20H20ClN3OS/c21-17-10-8-16(9-11-17)19-22-23-20(26-14-18-7-4-12-25-18)24(19)13-15-5-2-1-3-6-15/h1-3,5-6,8-11,18H,4,7,12-14H2/t18-/m1/s1. The molecule has 0 radical (unpaired) electrons. The lowest BCUT2D eigenvalue weighted by atomic mass is 10.2. The van der Waals surface area contributed by atoms with Gasteiger partial charge in [0.25, 0.3) is 0 Å². The van der Waals surface area contributed by atoms with Crippen molar-refractivity contribution in [2.24, 2.45) is 0 Å². The topological polar surface area (TPSA) is 39.9 Å². The third-order valence-electron chi connectivity index (χ3n) is 4.43. The number of benzene rings is 2. The van der Waals surface area contributed by atoms with Gasteiger partial charge in [0, 0.05) is 22.9 Å². The van der Waals surface area contributed by atoms with Gasteiger partial charge in [-0.05, 0) is 42.7 Å². The predicted octanol–water partition coefficient (Wildman–Crippen LogP) is 4.92. The van der Waals surface area contributed by atoms with Crippen LogP contribution in [0.4, 0.5) is 0 Å². The van der Waals surface area contributed by atoms with Gasteiger partial charge in [0.15, 0.2) is 11.0 Å². The van der Waals surface area contributed by atoms with Crippen LogP contribution in [0.5, 0.6) is 0 Å². The second-order valence-electron chi connectivity index (χ2n) is 6.33. The minimum Gasteiger partial charge on any atom is -0.377 e. The Morgan fingerprint density at radius 1 is 1.08 bits per heavy atom. The number of hydrogen-bond acceptors (Lipinski definition) is 4. The zero-order valence-corrected chi connectivity index (χ0v) is 15.9. The van der Waals surface area contributed by atoms with Crippen LogP contribution in [0.1, 0.15) is 18.4 Å². The van der Waals surface area contributed by atoms with Gasteiger partial charge >= 0.3 is 0 Å². The molecule has 0 aliphatic carbocycles. The molecule has 1 aliphatic heterocycles. The molecule has 0 bridgehead atoms. The molecule has 4 nitrogen and oxygen atoms in total. The summed E-state index contributed by atoms with van der Waals surface area (Å²) in [6.07, 6.45) is 2.60. The molecule has 3 aromatic rings. The number of ether oxygens (including phenoxy) is 1. The van der Waals surface area contributed by atoms with Crippen molar-refractivity contribution in [3.8, 4) is 11.4 Å². The molecule has 26 heavy (non-hydrogen) atoms. The van der Waals surface area contributed by atoms with Crippen molar-refractivity contribution in [2.75, 3.05) is 12.4 Å². The lowest BCUT2D eigenvalue weighted by Crippen LogP contribution is -2.10. The molecule has 1 aromatic heterocycles. The van der Waals surface area contributed by atoms with Crippen molar-refractivity contribution in [1.82, 2.24) is 14.8 Å². The van der Waals surface area contributed by atoms with Gasteiger partial charge in [0.05, 0.1) is 12.6 Å². The zero-order chi connectivity index (χ0) is 17.8. The van der Waals surface area contributed by atoms with E-state index < -0.39 is 0 Å². The number of halogens is 1. The van der Waals surface area contributed by atoms with Crippen molar-refractivity contribution < 1.29 is 4.74 Å². The van der Waals surface area contributed by atoms with Crippen LogP contribution in [0, 0.1) is 0 Å². The van der Waals surface area contributed by atoms with Crippen molar-refractivity contribution in [1.29, 1.82) is 0 Å². The van der Waals surface area contributed by atoms with Crippen molar-refractivity contribution in [3.63, 3.8) is 0 Å². The molecule has 1 aliphatic rings. The molecule has 0 unspecified atom stereocenters. The molecule has 0 amide bonds.